The summed E-state index contributed by atoms with van der Waals surface area (Å²) < 4.78 is 0. The molecule has 0 rings (SSSR count). The van der Waals surface area contributed by atoms with Gasteiger partial charge in [-0.3, -0.25) is 0 Å². The standard InChI is InChI=1S/C11H25NO/c1-4-6-10(3)8-11(13)9-12-7-5-2/h10-13H,4-9H2,1-3H3. The van der Waals surface area contributed by atoms with Crippen LogP contribution in [0.2, 0.25) is 0 Å². The molecule has 0 aromatic rings. The van der Waals surface area contributed by atoms with Gasteiger partial charge >= 0.3 is 0 Å². The van der Waals surface area contributed by atoms with Crippen molar-refractivity contribution >= 4 is 0 Å². The molecule has 0 amide bonds. The molecule has 0 aliphatic carbocycles. The molecule has 2 atom stereocenters. The Morgan fingerprint density at radius 2 is 1.92 bits per heavy atom. The van der Waals surface area contributed by atoms with E-state index >= 15 is 0 Å². The number of aliphatic hydroxyl groups is 1. The van der Waals surface area contributed by atoms with Crippen LogP contribution in [-0.2, 0) is 0 Å². The minimum atomic E-state index is -0.159. The second-order valence-corrected chi connectivity index (χ2v) is 3.99. The van der Waals surface area contributed by atoms with Gasteiger partial charge in [0.05, 0.1) is 6.10 Å². The van der Waals surface area contributed by atoms with Gasteiger partial charge in [0.1, 0.15) is 0 Å². The second kappa shape index (κ2) is 8.52. The molecule has 0 saturated heterocycles. The smallest absolute Gasteiger partial charge is 0.0667 e. The maximum Gasteiger partial charge on any atom is 0.0667 e. The fourth-order valence-corrected chi connectivity index (χ4v) is 1.60. The summed E-state index contributed by atoms with van der Waals surface area (Å²) in [4.78, 5) is 0. The third-order valence-corrected chi connectivity index (χ3v) is 2.26. The Kier molecular flexibility index (Phi) is 8.46. The van der Waals surface area contributed by atoms with Crippen LogP contribution in [0.4, 0.5) is 0 Å². The predicted octanol–water partition coefficient (Wildman–Crippen LogP) is 2.17. The summed E-state index contributed by atoms with van der Waals surface area (Å²) in [6.07, 6.45) is 4.36. The zero-order valence-electron chi connectivity index (χ0n) is 9.34. The molecule has 0 fully saturated rings. The molecule has 2 unspecified atom stereocenters. The quantitative estimate of drug-likeness (QED) is 0.571. The summed E-state index contributed by atoms with van der Waals surface area (Å²) in [6.45, 7) is 8.31. The van der Waals surface area contributed by atoms with Crippen molar-refractivity contribution in [3.63, 3.8) is 0 Å². The van der Waals surface area contributed by atoms with Gasteiger partial charge in [0, 0.05) is 6.54 Å². The van der Waals surface area contributed by atoms with Crippen LogP contribution in [0.25, 0.3) is 0 Å². The second-order valence-electron chi connectivity index (χ2n) is 3.99. The maximum absolute atomic E-state index is 9.61. The highest BCUT2D eigenvalue weighted by atomic mass is 16.3. The van der Waals surface area contributed by atoms with Crippen LogP contribution in [0.3, 0.4) is 0 Å². The number of hydrogen-bond donors (Lipinski definition) is 2. The third kappa shape index (κ3) is 8.26. The SMILES string of the molecule is CCCNCC(O)CC(C)CCC. The van der Waals surface area contributed by atoms with Crippen LogP contribution in [0.15, 0.2) is 0 Å². The van der Waals surface area contributed by atoms with Gasteiger partial charge < -0.3 is 10.4 Å². The van der Waals surface area contributed by atoms with Gasteiger partial charge in [0.2, 0.25) is 0 Å². The highest BCUT2D eigenvalue weighted by molar-refractivity contribution is 4.63. The molecular weight excluding hydrogens is 162 g/mol. The molecule has 0 aliphatic heterocycles. The summed E-state index contributed by atoms with van der Waals surface area (Å²) in [5, 5.41) is 12.8. The zero-order valence-corrected chi connectivity index (χ0v) is 9.34. The highest BCUT2D eigenvalue weighted by Gasteiger charge is 2.08. The number of nitrogens with one attached hydrogen (secondary N) is 1. The molecule has 0 heterocycles. The van der Waals surface area contributed by atoms with Crippen molar-refractivity contribution in [2.24, 2.45) is 5.92 Å². The van der Waals surface area contributed by atoms with Crippen molar-refractivity contribution in [3.05, 3.63) is 0 Å². The van der Waals surface area contributed by atoms with Gasteiger partial charge in [-0.2, -0.15) is 0 Å². The van der Waals surface area contributed by atoms with Crippen LogP contribution < -0.4 is 5.32 Å². The largest absolute Gasteiger partial charge is 0.392 e. The molecule has 0 bridgehead atoms. The molecule has 2 N–H and O–H groups in total. The van der Waals surface area contributed by atoms with E-state index in [2.05, 4.69) is 26.1 Å². The van der Waals surface area contributed by atoms with Crippen molar-refractivity contribution in [1.82, 2.24) is 5.32 Å². The molecule has 0 radical (unpaired) electrons. The third-order valence-electron chi connectivity index (χ3n) is 2.26. The molecule has 0 aliphatic rings. The van der Waals surface area contributed by atoms with E-state index in [1.54, 1.807) is 0 Å². The normalized spacial score (nSPS) is 15.7. The summed E-state index contributed by atoms with van der Waals surface area (Å²) in [5.74, 6) is 0.656. The van der Waals surface area contributed by atoms with E-state index in [0.717, 1.165) is 25.9 Å². The number of rotatable bonds is 8. The summed E-state index contributed by atoms with van der Waals surface area (Å²) >= 11 is 0. The Bertz CT molecular complexity index is 106. The Hall–Kier alpha value is -0.0800. The van der Waals surface area contributed by atoms with Crippen LogP contribution in [-0.4, -0.2) is 24.3 Å². The van der Waals surface area contributed by atoms with Crippen molar-refractivity contribution in [2.45, 2.75) is 52.6 Å². The topological polar surface area (TPSA) is 32.3 Å². The van der Waals surface area contributed by atoms with Gasteiger partial charge in [-0.05, 0) is 25.3 Å². The first-order valence-electron chi connectivity index (χ1n) is 5.59. The lowest BCUT2D eigenvalue weighted by Gasteiger charge is -2.16. The van der Waals surface area contributed by atoms with Gasteiger partial charge in [-0.15, -0.1) is 0 Å². The fraction of sp³-hybridized carbons (Fsp3) is 1.00. The average molecular weight is 187 g/mol. The lowest BCUT2D eigenvalue weighted by Crippen LogP contribution is -2.28. The summed E-state index contributed by atoms with van der Waals surface area (Å²) in [7, 11) is 0. The average Bonchev–Trinajstić information content (AvgIpc) is 2.05. The minimum Gasteiger partial charge on any atom is -0.392 e. The predicted molar refractivity (Wildman–Crippen MR) is 57.9 cm³/mol. The van der Waals surface area contributed by atoms with Crippen LogP contribution >= 0.6 is 0 Å². The van der Waals surface area contributed by atoms with Crippen molar-refractivity contribution in [1.29, 1.82) is 0 Å². The molecule has 2 heteroatoms. The van der Waals surface area contributed by atoms with Gasteiger partial charge in [-0.1, -0.05) is 33.6 Å². The van der Waals surface area contributed by atoms with Gasteiger partial charge in [-0.25, -0.2) is 0 Å². The Morgan fingerprint density at radius 3 is 2.46 bits per heavy atom. The maximum atomic E-state index is 9.61. The number of aliphatic hydroxyl groups excluding tert-OH is 1. The Labute approximate surface area is 82.7 Å². The van der Waals surface area contributed by atoms with E-state index in [0.29, 0.717) is 5.92 Å². The van der Waals surface area contributed by atoms with E-state index in [-0.39, 0.29) is 6.10 Å². The Balaban J connectivity index is 3.32. The van der Waals surface area contributed by atoms with Gasteiger partial charge in [0.25, 0.3) is 0 Å². The zero-order chi connectivity index (χ0) is 10.1. The van der Waals surface area contributed by atoms with E-state index < -0.39 is 0 Å². The van der Waals surface area contributed by atoms with Crippen molar-refractivity contribution in [2.75, 3.05) is 13.1 Å². The molecule has 0 spiro atoms. The molecular formula is C11H25NO. The van der Waals surface area contributed by atoms with Crippen molar-refractivity contribution < 1.29 is 5.11 Å². The first-order valence-corrected chi connectivity index (χ1v) is 5.59. The molecule has 2 nitrogen and oxygen atoms in total. The monoisotopic (exact) mass is 187 g/mol. The molecule has 0 saturated carbocycles. The van der Waals surface area contributed by atoms with E-state index in [9.17, 15) is 5.11 Å². The van der Waals surface area contributed by atoms with Crippen LogP contribution in [0.1, 0.15) is 46.5 Å². The summed E-state index contributed by atoms with van der Waals surface area (Å²) in [5.41, 5.74) is 0. The highest BCUT2D eigenvalue weighted by Crippen LogP contribution is 2.11. The van der Waals surface area contributed by atoms with Crippen molar-refractivity contribution in [3.8, 4) is 0 Å². The first kappa shape index (κ1) is 12.9. The minimum absolute atomic E-state index is 0.159. The lowest BCUT2D eigenvalue weighted by molar-refractivity contribution is 0.141. The fourth-order valence-electron chi connectivity index (χ4n) is 1.60. The Morgan fingerprint density at radius 1 is 1.23 bits per heavy atom. The van der Waals surface area contributed by atoms with E-state index in [1.807, 2.05) is 0 Å². The molecule has 80 valence electrons. The van der Waals surface area contributed by atoms with Crippen LogP contribution in [0, 0.1) is 5.92 Å². The van der Waals surface area contributed by atoms with E-state index in [1.165, 1.54) is 12.8 Å². The lowest BCUT2D eigenvalue weighted by atomic mass is 9.99. The molecule has 0 aromatic carbocycles. The summed E-state index contributed by atoms with van der Waals surface area (Å²) in [6, 6.07) is 0. The van der Waals surface area contributed by atoms with Gasteiger partial charge in [0.15, 0.2) is 0 Å². The molecule has 13 heavy (non-hydrogen) atoms. The molecule has 0 aromatic heterocycles. The first-order chi connectivity index (χ1) is 6.20. The van der Waals surface area contributed by atoms with E-state index in [4.69, 9.17) is 0 Å². The number of hydrogen-bond acceptors (Lipinski definition) is 2. The van der Waals surface area contributed by atoms with Crippen LogP contribution in [0.5, 0.6) is 0 Å².